The van der Waals surface area contributed by atoms with Crippen LogP contribution in [-0.4, -0.2) is 22.0 Å². The summed E-state index contributed by atoms with van der Waals surface area (Å²) in [7, 11) is 0. The summed E-state index contributed by atoms with van der Waals surface area (Å²) in [6.45, 7) is 0. The zero-order valence-electron chi connectivity index (χ0n) is 10.0. The van der Waals surface area contributed by atoms with Crippen LogP contribution in [0.25, 0.3) is 6.08 Å². The molecule has 102 valence electrons. The molecule has 2 heterocycles. The summed E-state index contributed by atoms with van der Waals surface area (Å²) in [5.41, 5.74) is -0.0785. The predicted molar refractivity (Wildman–Crippen MR) is 75.3 cm³/mol. The molecule has 0 saturated heterocycles. The van der Waals surface area contributed by atoms with Gasteiger partial charge >= 0.3 is 5.97 Å². The number of amides is 1. The van der Waals surface area contributed by atoms with E-state index in [4.69, 9.17) is 9.52 Å². The smallest absolute Gasteiger partial charge is 0.356 e. The largest absolute Gasteiger partial charge is 0.476 e. The third-order valence-electron chi connectivity index (χ3n) is 2.26. The summed E-state index contributed by atoms with van der Waals surface area (Å²) in [4.78, 5) is 26.3. The van der Waals surface area contributed by atoms with E-state index in [2.05, 4.69) is 26.2 Å². The third-order valence-corrected chi connectivity index (χ3v) is 2.69. The molecule has 6 nitrogen and oxygen atoms in total. The standard InChI is InChI=1S/C13H9BrN2O4/c14-10-5-3-8(20-10)4-6-11(17)16-9-2-1-7-15-12(9)13(18)19/h1-7H,(H,16,17)(H,18,19)/b6-4+. The molecule has 0 atom stereocenters. The van der Waals surface area contributed by atoms with Gasteiger partial charge < -0.3 is 14.8 Å². The number of halogens is 1. The lowest BCUT2D eigenvalue weighted by Gasteiger charge is -2.04. The van der Waals surface area contributed by atoms with E-state index < -0.39 is 11.9 Å². The van der Waals surface area contributed by atoms with Gasteiger partial charge in [0.05, 0.1) is 5.69 Å². The van der Waals surface area contributed by atoms with Crippen LogP contribution in [0.1, 0.15) is 16.2 Å². The maximum absolute atomic E-state index is 11.7. The molecule has 0 aliphatic heterocycles. The van der Waals surface area contributed by atoms with Gasteiger partial charge in [-0.05, 0) is 46.3 Å². The Labute approximate surface area is 122 Å². The average molecular weight is 337 g/mol. The molecular weight excluding hydrogens is 328 g/mol. The zero-order valence-corrected chi connectivity index (χ0v) is 11.6. The van der Waals surface area contributed by atoms with Gasteiger partial charge in [0.15, 0.2) is 10.4 Å². The quantitative estimate of drug-likeness (QED) is 0.837. The van der Waals surface area contributed by atoms with Crippen molar-refractivity contribution in [1.82, 2.24) is 4.98 Å². The second-order valence-corrected chi connectivity index (χ2v) is 4.45. The number of rotatable bonds is 4. The number of furan rings is 1. The van der Waals surface area contributed by atoms with E-state index in [1.54, 1.807) is 12.1 Å². The van der Waals surface area contributed by atoms with Crippen molar-refractivity contribution >= 4 is 39.6 Å². The monoisotopic (exact) mass is 336 g/mol. The molecule has 0 radical (unpaired) electrons. The number of hydrogen-bond acceptors (Lipinski definition) is 4. The Bertz CT molecular complexity index is 679. The lowest BCUT2D eigenvalue weighted by atomic mass is 10.3. The van der Waals surface area contributed by atoms with Gasteiger partial charge in [-0.3, -0.25) is 4.79 Å². The number of anilines is 1. The molecule has 2 rings (SSSR count). The fourth-order valence-electron chi connectivity index (χ4n) is 1.43. The van der Waals surface area contributed by atoms with Crippen LogP contribution >= 0.6 is 15.9 Å². The van der Waals surface area contributed by atoms with Crippen LogP contribution in [-0.2, 0) is 4.79 Å². The lowest BCUT2D eigenvalue weighted by Crippen LogP contribution is -2.13. The van der Waals surface area contributed by atoms with E-state index in [0.717, 1.165) is 0 Å². The van der Waals surface area contributed by atoms with E-state index in [1.807, 2.05) is 0 Å². The summed E-state index contributed by atoms with van der Waals surface area (Å²) < 4.78 is 5.74. The highest BCUT2D eigenvalue weighted by atomic mass is 79.9. The Hall–Kier alpha value is -2.41. The van der Waals surface area contributed by atoms with Crippen molar-refractivity contribution in [1.29, 1.82) is 0 Å². The number of pyridine rings is 1. The minimum absolute atomic E-state index is 0.135. The molecule has 0 saturated carbocycles. The van der Waals surface area contributed by atoms with E-state index in [1.165, 1.54) is 30.5 Å². The zero-order chi connectivity index (χ0) is 14.5. The number of hydrogen-bond donors (Lipinski definition) is 2. The van der Waals surface area contributed by atoms with Gasteiger partial charge in [-0.2, -0.15) is 0 Å². The molecule has 2 aromatic rings. The van der Waals surface area contributed by atoms with Gasteiger partial charge in [0, 0.05) is 12.3 Å². The number of aromatic carboxylic acids is 1. The average Bonchev–Trinajstić information content (AvgIpc) is 2.83. The minimum Gasteiger partial charge on any atom is -0.476 e. The Morgan fingerprint density at radius 2 is 2.15 bits per heavy atom. The molecule has 1 amide bonds. The maximum Gasteiger partial charge on any atom is 0.356 e. The van der Waals surface area contributed by atoms with Gasteiger partial charge in [-0.1, -0.05) is 0 Å². The van der Waals surface area contributed by atoms with Crippen LogP contribution in [0.5, 0.6) is 0 Å². The van der Waals surface area contributed by atoms with Gasteiger partial charge in [-0.25, -0.2) is 9.78 Å². The van der Waals surface area contributed by atoms with E-state index in [-0.39, 0.29) is 11.4 Å². The number of carbonyl (C=O) groups is 2. The molecule has 2 N–H and O–H groups in total. The van der Waals surface area contributed by atoms with Crippen LogP contribution in [0.4, 0.5) is 5.69 Å². The molecule has 0 unspecified atom stereocenters. The number of carbonyl (C=O) groups excluding carboxylic acids is 1. The molecule has 0 aromatic carbocycles. The normalized spacial score (nSPS) is 10.7. The number of carboxylic acid groups (broad SMARTS) is 1. The van der Waals surface area contributed by atoms with Crippen molar-refractivity contribution in [2.24, 2.45) is 0 Å². The van der Waals surface area contributed by atoms with E-state index >= 15 is 0 Å². The fourth-order valence-corrected chi connectivity index (χ4v) is 1.75. The first-order valence-corrected chi connectivity index (χ1v) is 6.28. The van der Waals surface area contributed by atoms with Crippen molar-refractivity contribution in [3.63, 3.8) is 0 Å². The Kier molecular flexibility index (Phi) is 4.31. The first-order valence-electron chi connectivity index (χ1n) is 5.49. The Morgan fingerprint density at radius 1 is 1.35 bits per heavy atom. The number of carboxylic acids is 1. The fraction of sp³-hybridized carbons (Fsp3) is 0. The second-order valence-electron chi connectivity index (χ2n) is 3.67. The third kappa shape index (κ3) is 3.55. The predicted octanol–water partition coefficient (Wildman–Crippen LogP) is 2.79. The summed E-state index contributed by atoms with van der Waals surface area (Å²) in [6, 6.07) is 6.38. The SMILES string of the molecule is O=C(/C=C/c1ccc(Br)o1)Nc1cccnc1C(=O)O. The van der Waals surface area contributed by atoms with Crippen LogP contribution in [0, 0.1) is 0 Å². The van der Waals surface area contributed by atoms with Crippen molar-refractivity contribution in [2.75, 3.05) is 5.32 Å². The van der Waals surface area contributed by atoms with Crippen molar-refractivity contribution < 1.29 is 19.1 Å². The highest BCUT2D eigenvalue weighted by Gasteiger charge is 2.12. The van der Waals surface area contributed by atoms with Crippen LogP contribution in [0.2, 0.25) is 0 Å². The topological polar surface area (TPSA) is 92.4 Å². The minimum atomic E-state index is -1.21. The summed E-state index contributed by atoms with van der Waals surface area (Å²) >= 11 is 3.14. The van der Waals surface area contributed by atoms with E-state index in [0.29, 0.717) is 10.4 Å². The van der Waals surface area contributed by atoms with Crippen molar-refractivity contribution in [2.45, 2.75) is 0 Å². The summed E-state index contributed by atoms with van der Waals surface area (Å²) in [5, 5.41) is 11.4. The molecule has 0 spiro atoms. The Balaban J connectivity index is 2.09. The van der Waals surface area contributed by atoms with E-state index in [9.17, 15) is 9.59 Å². The summed E-state index contributed by atoms with van der Waals surface area (Å²) in [6.07, 6.45) is 4.05. The van der Waals surface area contributed by atoms with Gasteiger partial charge in [0.1, 0.15) is 5.76 Å². The summed E-state index contributed by atoms with van der Waals surface area (Å²) in [5.74, 6) is -1.19. The molecule has 0 fully saturated rings. The molecule has 0 aliphatic rings. The number of nitrogens with zero attached hydrogens (tertiary/aromatic N) is 1. The van der Waals surface area contributed by atoms with Gasteiger partial charge in [-0.15, -0.1) is 0 Å². The molecule has 0 aliphatic carbocycles. The maximum atomic E-state index is 11.7. The molecule has 2 aromatic heterocycles. The van der Waals surface area contributed by atoms with Crippen molar-refractivity contribution in [3.05, 3.63) is 52.7 Å². The molecular formula is C13H9BrN2O4. The molecule has 20 heavy (non-hydrogen) atoms. The van der Waals surface area contributed by atoms with Crippen LogP contribution in [0.3, 0.4) is 0 Å². The van der Waals surface area contributed by atoms with Gasteiger partial charge in [0.25, 0.3) is 0 Å². The molecule has 0 bridgehead atoms. The first-order chi connectivity index (χ1) is 9.56. The number of aromatic nitrogens is 1. The Morgan fingerprint density at radius 3 is 2.80 bits per heavy atom. The van der Waals surface area contributed by atoms with Crippen LogP contribution < -0.4 is 5.32 Å². The highest BCUT2D eigenvalue weighted by Crippen LogP contribution is 2.15. The lowest BCUT2D eigenvalue weighted by molar-refractivity contribution is -0.111. The highest BCUT2D eigenvalue weighted by molar-refractivity contribution is 9.10. The van der Waals surface area contributed by atoms with Gasteiger partial charge in [0.2, 0.25) is 5.91 Å². The second kappa shape index (κ2) is 6.16. The number of nitrogens with one attached hydrogen (secondary N) is 1. The van der Waals surface area contributed by atoms with Crippen molar-refractivity contribution in [3.8, 4) is 0 Å². The first kappa shape index (κ1) is 14.0. The van der Waals surface area contributed by atoms with Crippen LogP contribution in [0.15, 0.2) is 45.6 Å². The molecule has 7 heteroatoms.